The zero-order valence-corrected chi connectivity index (χ0v) is 16.9. The average molecular weight is 399 g/mol. The third-order valence-electron chi connectivity index (χ3n) is 5.00. The molecule has 0 radical (unpaired) electrons. The van der Waals surface area contributed by atoms with Gasteiger partial charge in [0.2, 0.25) is 5.91 Å². The Morgan fingerprint density at radius 1 is 1.27 bits per heavy atom. The second kappa shape index (κ2) is 9.95. The van der Waals surface area contributed by atoms with E-state index in [2.05, 4.69) is 22.4 Å². The van der Waals surface area contributed by atoms with Gasteiger partial charge >= 0.3 is 0 Å². The van der Waals surface area contributed by atoms with E-state index < -0.39 is 0 Å². The lowest BCUT2D eigenvalue weighted by Crippen LogP contribution is -2.34. The molecule has 1 aromatic heterocycles. The Morgan fingerprint density at radius 3 is 2.69 bits per heavy atom. The van der Waals surface area contributed by atoms with Crippen LogP contribution in [-0.2, 0) is 11.3 Å². The molecular formula is C19H28Cl2N4O. The summed E-state index contributed by atoms with van der Waals surface area (Å²) in [4.78, 5) is 19.2. The summed E-state index contributed by atoms with van der Waals surface area (Å²) >= 11 is 0. The van der Waals surface area contributed by atoms with Crippen molar-refractivity contribution in [3.63, 3.8) is 0 Å². The van der Waals surface area contributed by atoms with E-state index in [9.17, 15) is 4.79 Å². The maximum atomic E-state index is 12.6. The fourth-order valence-electron chi connectivity index (χ4n) is 3.58. The molecule has 0 bridgehead atoms. The third-order valence-corrected chi connectivity index (χ3v) is 5.00. The second-order valence-corrected chi connectivity index (χ2v) is 6.80. The fourth-order valence-corrected chi connectivity index (χ4v) is 3.58. The highest BCUT2D eigenvalue weighted by Crippen LogP contribution is 2.31. The smallest absolute Gasteiger partial charge is 0.223 e. The van der Waals surface area contributed by atoms with Gasteiger partial charge in [-0.2, -0.15) is 0 Å². The highest BCUT2D eigenvalue weighted by atomic mass is 35.5. The quantitative estimate of drug-likeness (QED) is 0.811. The highest BCUT2D eigenvalue weighted by Gasteiger charge is 2.31. The first-order chi connectivity index (χ1) is 11.6. The molecule has 2 atom stereocenters. The summed E-state index contributed by atoms with van der Waals surface area (Å²) < 4.78 is 0. The van der Waals surface area contributed by atoms with Gasteiger partial charge in [0, 0.05) is 31.9 Å². The summed E-state index contributed by atoms with van der Waals surface area (Å²) in [6, 6.07) is 10.1. The van der Waals surface area contributed by atoms with Gasteiger partial charge < -0.3 is 16.0 Å². The summed E-state index contributed by atoms with van der Waals surface area (Å²) in [5, 5.41) is 4.21. The van der Waals surface area contributed by atoms with Crippen molar-refractivity contribution in [2.24, 2.45) is 17.6 Å². The molecule has 0 spiro atoms. The van der Waals surface area contributed by atoms with Crippen molar-refractivity contribution in [3.8, 4) is 0 Å². The van der Waals surface area contributed by atoms with Crippen LogP contribution in [-0.4, -0.2) is 31.5 Å². The maximum Gasteiger partial charge on any atom is 0.223 e. The number of fused-ring (bicyclic) bond motifs is 1. The summed E-state index contributed by atoms with van der Waals surface area (Å²) in [7, 11) is 3.95. The first-order valence-electron chi connectivity index (χ1n) is 8.64. The summed E-state index contributed by atoms with van der Waals surface area (Å²) in [6.45, 7) is 1.12. The van der Waals surface area contributed by atoms with Crippen LogP contribution in [0.15, 0.2) is 30.3 Å². The van der Waals surface area contributed by atoms with E-state index in [1.165, 1.54) is 0 Å². The molecule has 1 amide bonds. The van der Waals surface area contributed by atoms with Crippen LogP contribution in [0.2, 0.25) is 0 Å². The Labute approximate surface area is 167 Å². The molecule has 1 aromatic carbocycles. The topological polar surface area (TPSA) is 71.2 Å². The van der Waals surface area contributed by atoms with Crippen LogP contribution in [0.1, 0.15) is 24.8 Å². The second-order valence-electron chi connectivity index (χ2n) is 6.80. The van der Waals surface area contributed by atoms with Crippen molar-refractivity contribution in [3.05, 3.63) is 35.9 Å². The van der Waals surface area contributed by atoms with E-state index in [0.29, 0.717) is 19.0 Å². The maximum absolute atomic E-state index is 12.6. The Morgan fingerprint density at radius 2 is 2.00 bits per heavy atom. The zero-order valence-electron chi connectivity index (χ0n) is 15.3. The van der Waals surface area contributed by atoms with Gasteiger partial charge in [0.25, 0.3) is 0 Å². The molecule has 7 heteroatoms. The number of hydrogen-bond acceptors (Lipinski definition) is 4. The van der Waals surface area contributed by atoms with Crippen LogP contribution in [0.5, 0.6) is 0 Å². The standard InChI is InChI=1S/C19H26N4O.2ClH/c1-23(2)18-10-14(15-7-3-4-9-17(15)22-18)12-21-19(24)16-8-5-6-13(16)11-20;;/h3-4,7,9-10,13,16H,5-6,8,11-12,20H2,1-2H3,(H,21,24);2*1H/t13-,16-;;/m1../s1. The van der Waals surface area contributed by atoms with Crippen molar-refractivity contribution in [2.45, 2.75) is 25.8 Å². The molecule has 3 rings (SSSR count). The number of carbonyl (C=O) groups is 1. The molecule has 144 valence electrons. The number of para-hydroxylation sites is 1. The lowest BCUT2D eigenvalue weighted by atomic mass is 9.95. The van der Waals surface area contributed by atoms with Crippen LogP contribution in [0.3, 0.4) is 0 Å². The number of pyridine rings is 1. The monoisotopic (exact) mass is 398 g/mol. The van der Waals surface area contributed by atoms with E-state index in [1.54, 1.807) is 0 Å². The summed E-state index contributed by atoms with van der Waals surface area (Å²) in [5.41, 5.74) is 7.85. The largest absolute Gasteiger partial charge is 0.363 e. The number of carbonyl (C=O) groups excluding carboxylic acids is 1. The van der Waals surface area contributed by atoms with E-state index >= 15 is 0 Å². The highest BCUT2D eigenvalue weighted by molar-refractivity contribution is 5.86. The Hall–Kier alpha value is -1.56. The molecule has 1 fully saturated rings. The SMILES string of the molecule is CN(C)c1cc(CNC(=O)[C@@H]2CCC[C@@H]2CN)c2ccccc2n1.Cl.Cl. The van der Waals surface area contributed by atoms with Crippen LogP contribution < -0.4 is 16.0 Å². The number of benzene rings is 1. The van der Waals surface area contributed by atoms with Gasteiger partial charge in [-0.05, 0) is 43.0 Å². The Kier molecular flexibility index (Phi) is 8.60. The molecule has 26 heavy (non-hydrogen) atoms. The van der Waals surface area contributed by atoms with E-state index in [0.717, 1.165) is 41.5 Å². The van der Waals surface area contributed by atoms with Gasteiger partial charge in [-0.25, -0.2) is 4.98 Å². The lowest BCUT2D eigenvalue weighted by molar-refractivity contribution is -0.126. The van der Waals surface area contributed by atoms with Crippen molar-refractivity contribution in [2.75, 3.05) is 25.5 Å². The van der Waals surface area contributed by atoms with Gasteiger partial charge in [-0.1, -0.05) is 24.6 Å². The molecule has 3 N–H and O–H groups in total. The average Bonchev–Trinajstić information content (AvgIpc) is 3.07. The zero-order chi connectivity index (χ0) is 17.1. The molecule has 0 unspecified atom stereocenters. The minimum atomic E-state index is 0. The Bertz CT molecular complexity index is 739. The molecule has 2 aromatic rings. The van der Waals surface area contributed by atoms with E-state index in [4.69, 9.17) is 5.73 Å². The minimum Gasteiger partial charge on any atom is -0.363 e. The minimum absolute atomic E-state index is 0. The van der Waals surface area contributed by atoms with Gasteiger partial charge in [-0.3, -0.25) is 4.79 Å². The normalized spacial score (nSPS) is 18.7. The number of nitrogens with two attached hydrogens (primary N) is 1. The number of nitrogens with one attached hydrogen (secondary N) is 1. The predicted octanol–water partition coefficient (Wildman–Crippen LogP) is 3.14. The van der Waals surface area contributed by atoms with Crippen LogP contribution in [0.25, 0.3) is 10.9 Å². The van der Waals surface area contributed by atoms with Gasteiger partial charge in [0.1, 0.15) is 5.82 Å². The number of anilines is 1. The number of rotatable bonds is 5. The lowest BCUT2D eigenvalue weighted by Gasteiger charge is -2.19. The van der Waals surface area contributed by atoms with Crippen molar-refractivity contribution in [1.29, 1.82) is 0 Å². The van der Waals surface area contributed by atoms with Gasteiger partial charge in [0.15, 0.2) is 0 Å². The molecule has 0 aliphatic heterocycles. The molecule has 0 saturated heterocycles. The van der Waals surface area contributed by atoms with Crippen LogP contribution in [0.4, 0.5) is 5.82 Å². The van der Waals surface area contributed by atoms with Crippen molar-refractivity contribution in [1.82, 2.24) is 10.3 Å². The predicted molar refractivity (Wildman–Crippen MR) is 112 cm³/mol. The molecule has 1 heterocycles. The molecule has 1 aliphatic carbocycles. The van der Waals surface area contributed by atoms with Crippen molar-refractivity contribution >= 4 is 47.4 Å². The number of amides is 1. The fraction of sp³-hybridized carbons (Fsp3) is 0.474. The molecular weight excluding hydrogens is 371 g/mol. The number of halogens is 2. The first-order valence-corrected chi connectivity index (χ1v) is 8.64. The third kappa shape index (κ3) is 4.78. The molecule has 1 aliphatic rings. The number of aromatic nitrogens is 1. The molecule has 5 nitrogen and oxygen atoms in total. The van der Waals surface area contributed by atoms with Gasteiger partial charge in [0.05, 0.1) is 5.52 Å². The molecule has 1 saturated carbocycles. The van der Waals surface area contributed by atoms with Crippen molar-refractivity contribution < 1.29 is 4.79 Å². The number of nitrogens with zero attached hydrogens (tertiary/aromatic N) is 2. The van der Waals surface area contributed by atoms with Gasteiger partial charge in [-0.15, -0.1) is 24.8 Å². The Balaban J connectivity index is 0.00000169. The van der Waals surface area contributed by atoms with E-state index in [-0.39, 0.29) is 36.6 Å². The summed E-state index contributed by atoms with van der Waals surface area (Å²) in [6.07, 6.45) is 3.12. The first kappa shape index (κ1) is 22.5. The number of hydrogen-bond donors (Lipinski definition) is 2. The van der Waals surface area contributed by atoms with Crippen LogP contribution in [0, 0.1) is 11.8 Å². The van der Waals surface area contributed by atoms with Crippen LogP contribution >= 0.6 is 24.8 Å². The van der Waals surface area contributed by atoms with E-state index in [1.807, 2.05) is 37.2 Å². The summed E-state index contributed by atoms with van der Waals surface area (Å²) in [5.74, 6) is 1.43.